The Labute approximate surface area is 145 Å². The van der Waals surface area contributed by atoms with Gasteiger partial charge in [-0.3, -0.25) is 4.79 Å². The molecule has 25 heavy (non-hydrogen) atoms. The van der Waals surface area contributed by atoms with E-state index >= 15 is 0 Å². The molecule has 2 fully saturated rings. The third-order valence-electron chi connectivity index (χ3n) is 4.76. The summed E-state index contributed by atoms with van der Waals surface area (Å²) >= 11 is 0. The predicted molar refractivity (Wildman–Crippen MR) is 87.5 cm³/mol. The predicted octanol–water partition coefficient (Wildman–Crippen LogP) is 0.858. The zero-order valence-electron chi connectivity index (χ0n) is 14.0. The summed E-state index contributed by atoms with van der Waals surface area (Å²) in [5.74, 6) is -1.93. The lowest BCUT2D eigenvalue weighted by Crippen LogP contribution is -2.57. The van der Waals surface area contributed by atoms with E-state index < -0.39 is 26.6 Å². The Morgan fingerprint density at radius 1 is 1.20 bits per heavy atom. The Morgan fingerprint density at radius 2 is 1.96 bits per heavy atom. The molecule has 3 rings (SSSR count). The van der Waals surface area contributed by atoms with Crippen molar-refractivity contribution >= 4 is 15.9 Å². The molecule has 2 saturated heterocycles. The van der Waals surface area contributed by atoms with Gasteiger partial charge in [-0.25, -0.2) is 17.2 Å². The minimum Gasteiger partial charge on any atom is -0.336 e. The van der Waals surface area contributed by atoms with Crippen LogP contribution in [0.15, 0.2) is 17.0 Å². The van der Waals surface area contributed by atoms with Crippen molar-refractivity contribution in [3.63, 3.8) is 0 Å². The summed E-state index contributed by atoms with van der Waals surface area (Å²) in [6, 6.07) is 1.41. The summed E-state index contributed by atoms with van der Waals surface area (Å²) in [5, 5.41) is 2.98. The molecule has 6 nitrogen and oxygen atoms in total. The van der Waals surface area contributed by atoms with Crippen molar-refractivity contribution in [2.45, 2.75) is 30.7 Å². The van der Waals surface area contributed by atoms with Crippen LogP contribution in [0.1, 0.15) is 18.4 Å². The molecule has 1 unspecified atom stereocenters. The molecule has 1 N–H and O–H groups in total. The van der Waals surface area contributed by atoms with Crippen LogP contribution in [0.3, 0.4) is 0 Å². The Kier molecular flexibility index (Phi) is 5.08. The number of hydrogen-bond donors (Lipinski definition) is 1. The van der Waals surface area contributed by atoms with E-state index in [-0.39, 0.29) is 37.1 Å². The number of halogens is 2. The van der Waals surface area contributed by atoms with Crippen LogP contribution in [-0.2, 0) is 14.8 Å². The van der Waals surface area contributed by atoms with E-state index in [9.17, 15) is 22.0 Å². The molecule has 9 heteroatoms. The SMILES string of the molecule is Cc1cc(S(=O)(=O)N2CCCC(N3CCNCC3=O)C2)c(F)cc1F. The van der Waals surface area contributed by atoms with Gasteiger partial charge in [-0.15, -0.1) is 0 Å². The van der Waals surface area contributed by atoms with Crippen molar-refractivity contribution in [2.75, 3.05) is 32.7 Å². The highest BCUT2D eigenvalue weighted by atomic mass is 32.2. The molecule has 0 radical (unpaired) electrons. The van der Waals surface area contributed by atoms with Crippen LogP contribution in [0.4, 0.5) is 8.78 Å². The lowest BCUT2D eigenvalue weighted by Gasteiger charge is -2.40. The minimum atomic E-state index is -4.08. The molecule has 2 heterocycles. The molecule has 138 valence electrons. The Balaban J connectivity index is 1.85. The first-order valence-electron chi connectivity index (χ1n) is 8.26. The van der Waals surface area contributed by atoms with Gasteiger partial charge < -0.3 is 10.2 Å². The number of rotatable bonds is 3. The lowest BCUT2D eigenvalue weighted by atomic mass is 10.1. The zero-order chi connectivity index (χ0) is 18.2. The monoisotopic (exact) mass is 373 g/mol. The summed E-state index contributed by atoms with van der Waals surface area (Å²) in [7, 11) is -4.08. The number of piperazine rings is 1. The van der Waals surface area contributed by atoms with E-state index in [0.29, 0.717) is 32.0 Å². The number of nitrogens with zero attached hydrogens (tertiary/aromatic N) is 2. The molecular weight excluding hydrogens is 352 g/mol. The van der Waals surface area contributed by atoms with Gasteiger partial charge in [0.25, 0.3) is 0 Å². The van der Waals surface area contributed by atoms with Gasteiger partial charge in [0, 0.05) is 38.3 Å². The number of carbonyl (C=O) groups excluding carboxylic acids is 1. The van der Waals surface area contributed by atoms with E-state index in [1.54, 1.807) is 4.90 Å². The van der Waals surface area contributed by atoms with E-state index in [0.717, 1.165) is 6.07 Å². The summed E-state index contributed by atoms with van der Waals surface area (Å²) in [6.45, 7) is 3.22. The number of amides is 1. The van der Waals surface area contributed by atoms with Crippen LogP contribution in [0.2, 0.25) is 0 Å². The highest BCUT2D eigenvalue weighted by Crippen LogP contribution is 2.26. The van der Waals surface area contributed by atoms with Gasteiger partial charge in [0.2, 0.25) is 15.9 Å². The summed E-state index contributed by atoms with van der Waals surface area (Å²) in [6.07, 6.45) is 1.30. The molecule has 2 aliphatic heterocycles. The summed E-state index contributed by atoms with van der Waals surface area (Å²) in [5.41, 5.74) is 0.0748. The van der Waals surface area contributed by atoms with Crippen molar-refractivity contribution < 1.29 is 22.0 Å². The van der Waals surface area contributed by atoms with Crippen molar-refractivity contribution in [1.29, 1.82) is 0 Å². The quantitative estimate of drug-likeness (QED) is 0.853. The number of sulfonamides is 1. The van der Waals surface area contributed by atoms with Crippen molar-refractivity contribution in [2.24, 2.45) is 0 Å². The van der Waals surface area contributed by atoms with Gasteiger partial charge in [0.15, 0.2) is 0 Å². The molecule has 1 atom stereocenters. The maximum Gasteiger partial charge on any atom is 0.246 e. The maximum absolute atomic E-state index is 14.1. The van der Waals surface area contributed by atoms with Crippen molar-refractivity contribution in [3.8, 4) is 0 Å². The molecule has 1 amide bonds. The lowest BCUT2D eigenvalue weighted by molar-refractivity contribution is -0.135. The van der Waals surface area contributed by atoms with E-state index in [1.807, 2.05) is 0 Å². The Morgan fingerprint density at radius 3 is 2.68 bits per heavy atom. The van der Waals surface area contributed by atoms with Crippen LogP contribution >= 0.6 is 0 Å². The first-order valence-corrected chi connectivity index (χ1v) is 9.70. The fourth-order valence-corrected chi connectivity index (χ4v) is 5.02. The van der Waals surface area contributed by atoms with Gasteiger partial charge in [-0.05, 0) is 31.4 Å². The minimum absolute atomic E-state index is 0.0562. The topological polar surface area (TPSA) is 69.7 Å². The molecule has 2 aliphatic rings. The summed E-state index contributed by atoms with van der Waals surface area (Å²) < 4.78 is 54.4. The summed E-state index contributed by atoms with van der Waals surface area (Å²) in [4.78, 5) is 13.2. The fourth-order valence-electron chi connectivity index (χ4n) is 3.37. The largest absolute Gasteiger partial charge is 0.336 e. The standard InChI is InChI=1S/C16H21F2N3O3S/c1-11-7-15(14(18)8-13(11)17)25(23,24)20-5-2-3-12(10-20)21-6-4-19-9-16(21)22/h7-8,12,19H,2-6,9-10H2,1H3. The second-order valence-corrected chi connectivity index (χ2v) is 8.36. The van der Waals surface area contributed by atoms with Gasteiger partial charge in [0.05, 0.1) is 6.54 Å². The zero-order valence-corrected chi connectivity index (χ0v) is 14.8. The molecule has 0 aliphatic carbocycles. The average molecular weight is 373 g/mol. The molecule has 0 aromatic heterocycles. The third-order valence-corrected chi connectivity index (χ3v) is 6.64. The average Bonchev–Trinajstić information content (AvgIpc) is 2.58. The number of piperidine rings is 1. The van der Waals surface area contributed by atoms with E-state index in [1.165, 1.54) is 11.2 Å². The van der Waals surface area contributed by atoms with Crippen LogP contribution < -0.4 is 5.32 Å². The van der Waals surface area contributed by atoms with Gasteiger partial charge in [-0.1, -0.05) is 0 Å². The Hall–Kier alpha value is -1.58. The third kappa shape index (κ3) is 3.54. The van der Waals surface area contributed by atoms with Crippen molar-refractivity contribution in [3.05, 3.63) is 29.3 Å². The number of aryl methyl sites for hydroxylation is 1. The number of nitrogens with one attached hydrogen (secondary N) is 1. The smallest absolute Gasteiger partial charge is 0.246 e. The van der Waals surface area contributed by atoms with Crippen LogP contribution in [0, 0.1) is 18.6 Å². The highest BCUT2D eigenvalue weighted by molar-refractivity contribution is 7.89. The molecular formula is C16H21F2N3O3S. The van der Waals surface area contributed by atoms with Crippen LogP contribution in [-0.4, -0.2) is 62.3 Å². The van der Waals surface area contributed by atoms with Gasteiger partial charge in [0.1, 0.15) is 16.5 Å². The highest BCUT2D eigenvalue weighted by Gasteiger charge is 2.36. The van der Waals surface area contributed by atoms with Crippen molar-refractivity contribution in [1.82, 2.24) is 14.5 Å². The Bertz CT molecular complexity index is 785. The molecule has 1 aromatic carbocycles. The normalized spacial score (nSPS) is 23.1. The van der Waals surface area contributed by atoms with Crippen LogP contribution in [0.25, 0.3) is 0 Å². The second kappa shape index (κ2) is 6.97. The fraction of sp³-hybridized carbons (Fsp3) is 0.562. The van der Waals surface area contributed by atoms with E-state index in [4.69, 9.17) is 0 Å². The molecule has 0 bridgehead atoms. The van der Waals surface area contributed by atoms with Gasteiger partial charge in [-0.2, -0.15) is 4.31 Å². The molecule has 0 spiro atoms. The van der Waals surface area contributed by atoms with Crippen LogP contribution in [0.5, 0.6) is 0 Å². The first-order chi connectivity index (χ1) is 11.8. The number of carbonyl (C=O) groups is 1. The number of benzene rings is 1. The van der Waals surface area contributed by atoms with E-state index in [2.05, 4.69) is 5.32 Å². The van der Waals surface area contributed by atoms with Gasteiger partial charge >= 0.3 is 0 Å². The molecule has 1 aromatic rings. The molecule has 0 saturated carbocycles. The number of hydrogen-bond acceptors (Lipinski definition) is 4. The maximum atomic E-state index is 14.1. The first kappa shape index (κ1) is 18.2. The second-order valence-electron chi connectivity index (χ2n) is 6.45.